The molecule has 28 heavy (non-hydrogen) atoms. The molecule has 1 amide bonds. The lowest BCUT2D eigenvalue weighted by Gasteiger charge is -2.25. The first-order chi connectivity index (χ1) is 13.5. The number of hydrogen-bond donors (Lipinski definition) is 1. The topological polar surface area (TPSA) is 66.8 Å². The van der Waals surface area contributed by atoms with E-state index in [1.807, 2.05) is 38.1 Å². The number of Topliss-reactive ketones (excluding diaryl/α,β-unsaturated/α-hetero) is 1. The highest BCUT2D eigenvalue weighted by Crippen LogP contribution is 2.39. The van der Waals surface area contributed by atoms with Gasteiger partial charge in [-0.3, -0.25) is 9.59 Å². The Bertz CT molecular complexity index is 897. The van der Waals surface area contributed by atoms with Gasteiger partial charge in [-0.05, 0) is 43.2 Å². The van der Waals surface area contributed by atoms with Crippen molar-refractivity contribution in [3.63, 3.8) is 0 Å². The van der Waals surface area contributed by atoms with Crippen LogP contribution in [-0.4, -0.2) is 35.4 Å². The fourth-order valence-electron chi connectivity index (χ4n) is 3.44. The lowest BCUT2D eigenvalue weighted by Crippen LogP contribution is -2.30. The molecule has 0 aromatic heterocycles. The summed E-state index contributed by atoms with van der Waals surface area (Å²) in [6, 6.07) is 13.9. The number of ketones is 1. The zero-order chi connectivity index (χ0) is 20.3. The van der Waals surface area contributed by atoms with Crippen molar-refractivity contribution in [1.29, 1.82) is 0 Å². The van der Waals surface area contributed by atoms with Crippen LogP contribution < -0.4 is 4.74 Å². The predicted octanol–water partition coefficient (Wildman–Crippen LogP) is 4.23. The van der Waals surface area contributed by atoms with Gasteiger partial charge in [-0.2, -0.15) is 0 Å². The van der Waals surface area contributed by atoms with E-state index >= 15 is 0 Å². The zero-order valence-electron chi connectivity index (χ0n) is 16.4. The number of methoxy groups -OCH3 is 1. The molecular weight excluding hydrogens is 354 g/mol. The molecule has 2 aromatic carbocycles. The van der Waals surface area contributed by atoms with Crippen molar-refractivity contribution >= 4 is 17.4 Å². The van der Waals surface area contributed by atoms with E-state index in [2.05, 4.69) is 0 Å². The summed E-state index contributed by atoms with van der Waals surface area (Å²) in [5.74, 6) is -0.718. The number of amides is 1. The monoisotopic (exact) mass is 379 g/mol. The molecule has 1 N–H and O–H groups in total. The number of benzene rings is 2. The number of rotatable bonds is 6. The van der Waals surface area contributed by atoms with Gasteiger partial charge in [0.2, 0.25) is 0 Å². The molecule has 0 saturated carbocycles. The fourth-order valence-corrected chi connectivity index (χ4v) is 3.44. The summed E-state index contributed by atoms with van der Waals surface area (Å²) in [5, 5.41) is 10.9. The number of carbonyl (C=O) groups excluding carboxylic acids is 2. The van der Waals surface area contributed by atoms with Gasteiger partial charge >= 0.3 is 0 Å². The number of hydrogen-bond acceptors (Lipinski definition) is 4. The van der Waals surface area contributed by atoms with Crippen LogP contribution >= 0.6 is 0 Å². The van der Waals surface area contributed by atoms with Gasteiger partial charge in [0.1, 0.15) is 11.5 Å². The van der Waals surface area contributed by atoms with Crippen molar-refractivity contribution in [3.8, 4) is 5.75 Å². The molecule has 1 fully saturated rings. The lowest BCUT2D eigenvalue weighted by molar-refractivity contribution is -0.139. The zero-order valence-corrected chi connectivity index (χ0v) is 16.4. The van der Waals surface area contributed by atoms with Crippen LogP contribution in [0, 0.1) is 6.92 Å². The van der Waals surface area contributed by atoms with Crippen molar-refractivity contribution in [3.05, 3.63) is 70.8 Å². The quantitative estimate of drug-likeness (QED) is 0.463. The number of carbonyl (C=O) groups is 2. The normalized spacial score (nSPS) is 18.5. The molecule has 1 heterocycles. The average Bonchev–Trinajstić information content (AvgIpc) is 2.97. The largest absolute Gasteiger partial charge is 0.507 e. The Balaban J connectivity index is 2.12. The molecule has 1 aliphatic rings. The molecule has 1 atom stereocenters. The van der Waals surface area contributed by atoms with Crippen LogP contribution in [0.2, 0.25) is 0 Å². The minimum absolute atomic E-state index is 0.134. The van der Waals surface area contributed by atoms with Crippen LogP contribution in [0.1, 0.15) is 42.5 Å². The number of aliphatic hydroxyl groups excluding tert-OH is 1. The second-order valence-electron chi connectivity index (χ2n) is 6.99. The summed E-state index contributed by atoms with van der Waals surface area (Å²) in [4.78, 5) is 27.1. The number of aliphatic hydroxyl groups is 1. The molecule has 1 aliphatic heterocycles. The van der Waals surface area contributed by atoms with E-state index in [9.17, 15) is 14.7 Å². The first-order valence-corrected chi connectivity index (χ1v) is 9.47. The number of likely N-dealkylation sites (tertiary alicyclic amines) is 1. The Hall–Kier alpha value is -3.08. The third-order valence-corrected chi connectivity index (χ3v) is 5.05. The summed E-state index contributed by atoms with van der Waals surface area (Å²) in [6.45, 7) is 4.49. The lowest BCUT2D eigenvalue weighted by atomic mass is 9.94. The molecule has 0 aliphatic carbocycles. The summed E-state index contributed by atoms with van der Waals surface area (Å²) >= 11 is 0. The minimum Gasteiger partial charge on any atom is -0.507 e. The molecule has 0 unspecified atom stereocenters. The van der Waals surface area contributed by atoms with E-state index < -0.39 is 17.7 Å². The summed E-state index contributed by atoms with van der Waals surface area (Å²) in [5.41, 5.74) is 2.52. The number of ether oxygens (including phenoxy) is 1. The van der Waals surface area contributed by atoms with Crippen molar-refractivity contribution in [2.45, 2.75) is 32.7 Å². The summed E-state index contributed by atoms with van der Waals surface area (Å²) < 4.78 is 5.15. The predicted molar refractivity (Wildman–Crippen MR) is 108 cm³/mol. The van der Waals surface area contributed by atoms with E-state index in [0.29, 0.717) is 17.9 Å². The molecule has 0 bridgehead atoms. The third kappa shape index (κ3) is 3.65. The third-order valence-electron chi connectivity index (χ3n) is 5.05. The molecule has 5 nitrogen and oxygen atoms in total. The Morgan fingerprint density at radius 1 is 1.07 bits per heavy atom. The molecule has 5 heteroatoms. The summed E-state index contributed by atoms with van der Waals surface area (Å²) in [6.07, 6.45) is 1.69. The van der Waals surface area contributed by atoms with Gasteiger partial charge in [-0.25, -0.2) is 0 Å². The van der Waals surface area contributed by atoms with Crippen LogP contribution in [0.3, 0.4) is 0 Å². The van der Waals surface area contributed by atoms with Crippen molar-refractivity contribution in [2.75, 3.05) is 13.7 Å². The van der Waals surface area contributed by atoms with E-state index in [0.717, 1.165) is 24.0 Å². The Morgan fingerprint density at radius 2 is 1.71 bits per heavy atom. The molecule has 0 radical (unpaired) electrons. The SMILES string of the molecule is CCCCN1C(=O)C(=O)C(=C(O)c2ccc(OC)cc2)[C@H]1c1ccc(C)cc1. The Kier molecular flexibility index (Phi) is 5.83. The number of nitrogens with zero attached hydrogens (tertiary/aromatic N) is 1. The van der Waals surface area contributed by atoms with E-state index in [4.69, 9.17) is 4.74 Å². The van der Waals surface area contributed by atoms with Crippen molar-refractivity contribution < 1.29 is 19.4 Å². The Morgan fingerprint density at radius 3 is 2.29 bits per heavy atom. The maximum Gasteiger partial charge on any atom is 0.295 e. The second kappa shape index (κ2) is 8.30. The standard InChI is InChI=1S/C23H25NO4/c1-4-5-14-24-20(16-8-6-15(2)7-9-16)19(22(26)23(24)27)21(25)17-10-12-18(28-3)13-11-17/h6-13,20,25H,4-5,14H2,1-3H3/t20-/m1/s1. The highest BCUT2D eigenvalue weighted by atomic mass is 16.5. The average molecular weight is 379 g/mol. The first-order valence-electron chi connectivity index (χ1n) is 9.47. The second-order valence-corrected chi connectivity index (χ2v) is 6.99. The van der Waals surface area contributed by atoms with Gasteiger partial charge < -0.3 is 14.7 Å². The van der Waals surface area contributed by atoms with Crippen LogP contribution in [-0.2, 0) is 9.59 Å². The van der Waals surface area contributed by atoms with Crippen LogP contribution in [0.4, 0.5) is 0 Å². The fraction of sp³-hybridized carbons (Fsp3) is 0.304. The summed E-state index contributed by atoms with van der Waals surface area (Å²) in [7, 11) is 1.56. The van der Waals surface area contributed by atoms with Gasteiger partial charge in [0, 0.05) is 12.1 Å². The minimum atomic E-state index is -0.644. The molecule has 146 valence electrons. The van der Waals surface area contributed by atoms with Gasteiger partial charge in [0.25, 0.3) is 11.7 Å². The van der Waals surface area contributed by atoms with Gasteiger partial charge in [-0.15, -0.1) is 0 Å². The number of unbranched alkanes of at least 4 members (excludes halogenated alkanes) is 1. The van der Waals surface area contributed by atoms with Crippen molar-refractivity contribution in [1.82, 2.24) is 4.90 Å². The first kappa shape index (κ1) is 19.7. The van der Waals surface area contributed by atoms with Gasteiger partial charge in [0.05, 0.1) is 18.7 Å². The smallest absolute Gasteiger partial charge is 0.295 e. The highest BCUT2D eigenvalue weighted by molar-refractivity contribution is 6.46. The van der Waals surface area contributed by atoms with E-state index in [1.54, 1.807) is 36.3 Å². The molecule has 3 rings (SSSR count). The van der Waals surface area contributed by atoms with Crippen LogP contribution in [0.5, 0.6) is 5.75 Å². The molecular formula is C23H25NO4. The molecule has 1 saturated heterocycles. The van der Waals surface area contributed by atoms with Crippen molar-refractivity contribution in [2.24, 2.45) is 0 Å². The van der Waals surface area contributed by atoms with E-state index in [1.165, 1.54) is 0 Å². The maximum absolute atomic E-state index is 12.8. The highest BCUT2D eigenvalue weighted by Gasteiger charge is 2.45. The molecule has 2 aromatic rings. The Labute approximate surface area is 165 Å². The van der Waals surface area contributed by atoms with E-state index in [-0.39, 0.29) is 11.3 Å². The molecule has 0 spiro atoms. The van der Waals surface area contributed by atoms with Crippen LogP contribution in [0.25, 0.3) is 5.76 Å². The number of aryl methyl sites for hydroxylation is 1. The maximum atomic E-state index is 12.8. The van der Waals surface area contributed by atoms with Gasteiger partial charge in [-0.1, -0.05) is 43.2 Å². The van der Waals surface area contributed by atoms with Gasteiger partial charge in [0.15, 0.2) is 0 Å². The van der Waals surface area contributed by atoms with Crippen LogP contribution in [0.15, 0.2) is 54.1 Å².